The summed E-state index contributed by atoms with van der Waals surface area (Å²) in [6.45, 7) is 2.67. The molecule has 0 unspecified atom stereocenters. The van der Waals surface area contributed by atoms with Crippen LogP contribution in [-0.2, 0) is 9.53 Å². The zero-order valence-electron chi connectivity index (χ0n) is 13.8. The van der Waals surface area contributed by atoms with Crippen molar-refractivity contribution < 1.29 is 14.6 Å². The van der Waals surface area contributed by atoms with Gasteiger partial charge in [0.2, 0.25) is 0 Å². The molecule has 21 heavy (non-hydrogen) atoms. The first kappa shape index (κ1) is 20.2. The van der Waals surface area contributed by atoms with Gasteiger partial charge < -0.3 is 9.84 Å². The Hall–Kier alpha value is -0.830. The van der Waals surface area contributed by atoms with E-state index in [1.54, 1.807) is 0 Å². The number of aliphatic hydroxyl groups excluding tert-OH is 1. The summed E-state index contributed by atoms with van der Waals surface area (Å²) in [5.41, 5.74) is 0. The third-order valence-corrected chi connectivity index (χ3v) is 3.50. The van der Waals surface area contributed by atoms with Crippen LogP contribution in [0.5, 0.6) is 0 Å². The Kier molecular flexibility index (Phi) is 16.5. The zero-order valence-corrected chi connectivity index (χ0v) is 13.8. The van der Waals surface area contributed by atoms with Crippen molar-refractivity contribution in [2.75, 3.05) is 13.2 Å². The van der Waals surface area contributed by atoms with Crippen LogP contribution in [-0.4, -0.2) is 24.3 Å². The monoisotopic (exact) mass is 298 g/mol. The predicted molar refractivity (Wildman–Crippen MR) is 88.3 cm³/mol. The molecule has 3 heteroatoms. The van der Waals surface area contributed by atoms with Gasteiger partial charge in [0.25, 0.3) is 0 Å². The average Bonchev–Trinajstić information content (AvgIpc) is 2.48. The number of esters is 1. The van der Waals surface area contributed by atoms with E-state index >= 15 is 0 Å². The molecule has 0 aromatic carbocycles. The van der Waals surface area contributed by atoms with Crippen molar-refractivity contribution in [2.24, 2.45) is 0 Å². The molecule has 0 aliphatic heterocycles. The van der Waals surface area contributed by atoms with Crippen molar-refractivity contribution in [2.45, 2.75) is 84.0 Å². The molecule has 0 saturated heterocycles. The minimum Gasteiger partial charge on any atom is -0.466 e. The highest BCUT2D eigenvalue weighted by atomic mass is 16.5. The van der Waals surface area contributed by atoms with Crippen LogP contribution in [0.2, 0.25) is 0 Å². The maximum Gasteiger partial charge on any atom is 0.305 e. The summed E-state index contributed by atoms with van der Waals surface area (Å²) in [4.78, 5) is 11.1. The molecular weight excluding hydrogens is 264 g/mol. The van der Waals surface area contributed by atoms with E-state index in [9.17, 15) is 4.79 Å². The molecule has 0 spiro atoms. The minimum atomic E-state index is -0.0541. The van der Waals surface area contributed by atoms with E-state index in [1.807, 2.05) is 6.92 Å². The topological polar surface area (TPSA) is 46.5 Å². The fourth-order valence-electron chi connectivity index (χ4n) is 2.26. The van der Waals surface area contributed by atoms with Crippen molar-refractivity contribution in [1.29, 1.82) is 0 Å². The number of carbonyl (C=O) groups is 1. The van der Waals surface area contributed by atoms with Gasteiger partial charge in [0, 0.05) is 13.0 Å². The molecule has 3 nitrogen and oxygen atoms in total. The second-order valence-electron chi connectivity index (χ2n) is 5.51. The molecule has 0 radical (unpaired) electrons. The van der Waals surface area contributed by atoms with Gasteiger partial charge in [0.05, 0.1) is 6.61 Å². The molecule has 124 valence electrons. The normalized spacial score (nSPS) is 11.1. The van der Waals surface area contributed by atoms with Crippen molar-refractivity contribution >= 4 is 5.97 Å². The van der Waals surface area contributed by atoms with Crippen molar-refractivity contribution in [3.05, 3.63) is 12.2 Å². The maximum absolute atomic E-state index is 11.1. The SMILES string of the molecule is CCOC(=O)CCCCCCCC/C=C\CCCCCO. The number of aliphatic hydroxyl groups is 1. The van der Waals surface area contributed by atoms with E-state index in [0.717, 1.165) is 32.1 Å². The molecule has 0 aromatic heterocycles. The Bertz CT molecular complexity index is 249. The van der Waals surface area contributed by atoms with Gasteiger partial charge in [0.15, 0.2) is 0 Å². The average molecular weight is 298 g/mol. The third-order valence-electron chi connectivity index (χ3n) is 3.50. The maximum atomic E-state index is 11.1. The van der Waals surface area contributed by atoms with Gasteiger partial charge in [-0.2, -0.15) is 0 Å². The molecule has 0 aliphatic carbocycles. The van der Waals surface area contributed by atoms with Crippen molar-refractivity contribution in [3.63, 3.8) is 0 Å². The van der Waals surface area contributed by atoms with E-state index < -0.39 is 0 Å². The van der Waals surface area contributed by atoms with Crippen LogP contribution in [0.1, 0.15) is 84.0 Å². The summed E-state index contributed by atoms with van der Waals surface area (Å²) in [5.74, 6) is -0.0541. The van der Waals surface area contributed by atoms with Crippen LogP contribution in [0.25, 0.3) is 0 Å². The molecular formula is C18H34O3. The van der Waals surface area contributed by atoms with Gasteiger partial charge in [-0.25, -0.2) is 0 Å². The van der Waals surface area contributed by atoms with Crippen LogP contribution < -0.4 is 0 Å². The first-order chi connectivity index (χ1) is 10.3. The van der Waals surface area contributed by atoms with Gasteiger partial charge in [-0.3, -0.25) is 4.79 Å². The molecule has 0 atom stereocenters. The van der Waals surface area contributed by atoms with Crippen LogP contribution in [0.3, 0.4) is 0 Å². The molecule has 0 heterocycles. The molecule has 0 aliphatic rings. The van der Waals surface area contributed by atoms with Gasteiger partial charge >= 0.3 is 5.97 Å². The molecule has 0 fully saturated rings. The van der Waals surface area contributed by atoms with Crippen LogP contribution in [0.4, 0.5) is 0 Å². The summed E-state index contributed by atoms with van der Waals surface area (Å²) < 4.78 is 4.90. The van der Waals surface area contributed by atoms with Crippen LogP contribution in [0.15, 0.2) is 12.2 Å². The Balaban J connectivity index is 3.11. The van der Waals surface area contributed by atoms with Crippen LogP contribution >= 0.6 is 0 Å². The molecule has 0 bridgehead atoms. The number of rotatable bonds is 15. The molecule has 0 saturated carbocycles. The van der Waals surface area contributed by atoms with Crippen molar-refractivity contribution in [1.82, 2.24) is 0 Å². The fourth-order valence-corrected chi connectivity index (χ4v) is 2.26. The highest BCUT2D eigenvalue weighted by Crippen LogP contribution is 2.10. The third kappa shape index (κ3) is 17.1. The Labute approximate surface area is 130 Å². The molecule has 0 amide bonds. The quantitative estimate of drug-likeness (QED) is 0.269. The molecule has 1 N–H and O–H groups in total. The summed E-state index contributed by atoms with van der Waals surface area (Å²) in [6, 6.07) is 0. The first-order valence-electron chi connectivity index (χ1n) is 8.72. The summed E-state index contributed by atoms with van der Waals surface area (Å²) in [5, 5.41) is 8.65. The van der Waals surface area contributed by atoms with Crippen LogP contribution in [0, 0.1) is 0 Å². The number of hydrogen-bond acceptors (Lipinski definition) is 3. The summed E-state index contributed by atoms with van der Waals surface area (Å²) in [6.07, 6.45) is 17.9. The van der Waals surface area contributed by atoms with E-state index in [4.69, 9.17) is 9.84 Å². The Morgan fingerprint density at radius 3 is 1.95 bits per heavy atom. The lowest BCUT2D eigenvalue weighted by Crippen LogP contribution is -2.03. The smallest absolute Gasteiger partial charge is 0.305 e. The van der Waals surface area contributed by atoms with E-state index in [0.29, 0.717) is 19.6 Å². The lowest BCUT2D eigenvalue weighted by atomic mass is 10.1. The first-order valence-corrected chi connectivity index (χ1v) is 8.72. The lowest BCUT2D eigenvalue weighted by Gasteiger charge is -2.02. The Morgan fingerprint density at radius 2 is 1.38 bits per heavy atom. The summed E-state index contributed by atoms with van der Waals surface area (Å²) >= 11 is 0. The molecule has 0 aromatic rings. The van der Waals surface area contributed by atoms with E-state index in [2.05, 4.69) is 12.2 Å². The van der Waals surface area contributed by atoms with Gasteiger partial charge in [-0.05, 0) is 45.4 Å². The predicted octanol–water partition coefficient (Wildman–Crippen LogP) is 4.78. The number of carbonyl (C=O) groups excluding carboxylic acids is 1. The highest BCUT2D eigenvalue weighted by Gasteiger charge is 2.00. The number of hydrogen-bond donors (Lipinski definition) is 1. The highest BCUT2D eigenvalue weighted by molar-refractivity contribution is 5.69. The fraction of sp³-hybridized carbons (Fsp3) is 0.833. The lowest BCUT2D eigenvalue weighted by molar-refractivity contribution is -0.143. The van der Waals surface area contributed by atoms with Crippen molar-refractivity contribution in [3.8, 4) is 0 Å². The number of allylic oxidation sites excluding steroid dienone is 2. The zero-order chi connectivity index (χ0) is 15.6. The molecule has 0 rings (SSSR count). The standard InChI is InChI=1S/C18H34O3/c1-2-21-18(20)16-14-12-10-8-6-4-3-5-7-9-11-13-15-17-19/h5,7,19H,2-4,6,8-17H2,1H3/b7-5-. The van der Waals surface area contributed by atoms with Gasteiger partial charge in [-0.1, -0.05) is 44.3 Å². The van der Waals surface area contributed by atoms with Gasteiger partial charge in [-0.15, -0.1) is 0 Å². The second kappa shape index (κ2) is 17.2. The minimum absolute atomic E-state index is 0.0541. The second-order valence-corrected chi connectivity index (χ2v) is 5.51. The Morgan fingerprint density at radius 1 is 0.857 bits per heavy atom. The van der Waals surface area contributed by atoms with E-state index in [-0.39, 0.29) is 5.97 Å². The van der Waals surface area contributed by atoms with Gasteiger partial charge in [0.1, 0.15) is 0 Å². The number of ether oxygens (including phenoxy) is 1. The van der Waals surface area contributed by atoms with E-state index in [1.165, 1.54) is 38.5 Å². The number of unbranched alkanes of at least 4 members (excludes halogenated alkanes) is 9. The summed E-state index contributed by atoms with van der Waals surface area (Å²) in [7, 11) is 0. The largest absolute Gasteiger partial charge is 0.466 e.